The summed E-state index contributed by atoms with van der Waals surface area (Å²) in [6.45, 7) is 5.66. The van der Waals surface area contributed by atoms with Crippen LogP contribution in [-0.2, 0) is 52.8 Å². The van der Waals surface area contributed by atoms with Crippen LogP contribution >= 0.6 is 0 Å². The van der Waals surface area contributed by atoms with Crippen molar-refractivity contribution < 1.29 is 26.8 Å². The molecule has 12 rings (SSSR count). The van der Waals surface area contributed by atoms with Crippen LogP contribution in [-0.4, -0.2) is 119 Å². The van der Waals surface area contributed by atoms with Gasteiger partial charge in [0.05, 0.1) is 29.1 Å². The number of nitrogens with one attached hydrogen (secondary N) is 5. The minimum Gasteiger partial charge on any atom is -0.345 e. The van der Waals surface area contributed by atoms with Gasteiger partial charge in [-0.2, -0.15) is 0 Å². The number of sulfone groups is 1. The van der Waals surface area contributed by atoms with Crippen LogP contribution in [0.15, 0.2) is 203 Å². The Morgan fingerprint density at radius 3 is 1.51 bits per heavy atom. The van der Waals surface area contributed by atoms with Gasteiger partial charge in [-0.25, -0.2) is 27.2 Å². The molecule has 5 aromatic carbocycles. The quantitative estimate of drug-likeness (QED) is 0.0840. The fourth-order valence-corrected chi connectivity index (χ4v) is 11.2. The van der Waals surface area contributed by atoms with Gasteiger partial charge in [-0.15, -0.1) is 0 Å². The minimum atomic E-state index is -3.72. The number of halogens is 2. The number of anilines is 1. The highest BCUT2D eigenvalue weighted by atomic mass is 32.2. The molecule has 448 valence electrons. The molecule has 3 saturated heterocycles. The van der Waals surface area contributed by atoms with Crippen LogP contribution in [0.4, 0.5) is 14.7 Å². The Balaban J connectivity index is 0.000000149. The molecule has 2 amide bonds. The first-order valence-corrected chi connectivity index (χ1v) is 30.3. The van der Waals surface area contributed by atoms with E-state index in [1.807, 2.05) is 48.5 Å². The van der Waals surface area contributed by atoms with Gasteiger partial charge in [0.1, 0.15) is 17.7 Å². The van der Waals surface area contributed by atoms with Crippen molar-refractivity contribution in [2.45, 2.75) is 42.5 Å². The number of pyridine rings is 2. The van der Waals surface area contributed by atoms with Crippen LogP contribution in [0.25, 0.3) is 44.8 Å². The average Bonchev–Trinajstić information content (AvgIpc) is 1.11. The van der Waals surface area contributed by atoms with Gasteiger partial charge in [0.2, 0.25) is 32.8 Å². The van der Waals surface area contributed by atoms with E-state index >= 15 is 0 Å². The fourth-order valence-electron chi connectivity index (χ4n) is 10.4. The molecule has 0 radical (unpaired) electrons. The van der Waals surface area contributed by atoms with E-state index in [1.54, 1.807) is 48.3 Å². The van der Waals surface area contributed by atoms with E-state index in [2.05, 4.69) is 101 Å². The molecule has 18 nitrogen and oxygen atoms in total. The predicted molar refractivity (Wildman–Crippen MR) is 333 cm³/mol. The first-order chi connectivity index (χ1) is 42.1. The van der Waals surface area contributed by atoms with Crippen LogP contribution in [0.1, 0.15) is 16.7 Å². The normalized spacial score (nSPS) is 16.5. The molecule has 87 heavy (non-hydrogen) atoms. The van der Waals surface area contributed by atoms with Gasteiger partial charge in [-0.05, 0) is 89.2 Å². The zero-order chi connectivity index (χ0) is 61.3. The standard InChI is InChI=1S/C27H26FN5O.C17H14FN3O3S.C11H12N2O2.C11H16N2/c1-32-26(34)24(20-7-9-22(28)10-8-20)25(21-11-13-29-14-12-21)31-27(32)33-16-15-30-23(18-33)17-19-5-3-2-4-6-19;1-21-16(22)14(11-3-5-13(18)6-4-11)15(12-7-9-19-10-8-12)20-17(21)25(2,23)24;14-10-7-12-11(15)9(13-10)6-8-4-2-1-3-5-8;1-2-4-10(5-3-1)8-11-9-12-6-7-13-11/h2-14,23,30H,15-18H2,1H3;3-10H,1-2H3;1-5,9H,6-7H2,(H,12,15)(H,13,14);1-5,11-13H,6-9H2/t23-;;9-;11-/m0.00/s1. The van der Waals surface area contributed by atoms with E-state index < -0.39 is 27.3 Å². The molecule has 5 N–H and O–H groups in total. The van der Waals surface area contributed by atoms with Crippen molar-refractivity contribution in [1.29, 1.82) is 0 Å². The summed E-state index contributed by atoms with van der Waals surface area (Å²) in [5, 5.41) is 15.4. The minimum absolute atomic E-state index is 0.0874. The Kier molecular flexibility index (Phi) is 21.1. The number of nitrogens with zero attached hydrogens (tertiary/aromatic N) is 7. The summed E-state index contributed by atoms with van der Waals surface area (Å²) >= 11 is 0. The number of hydrogen-bond acceptors (Lipinski definition) is 14. The number of carbonyl (C=O) groups excluding carboxylic acids is 2. The summed E-state index contributed by atoms with van der Waals surface area (Å²) in [4.78, 5) is 68.5. The van der Waals surface area contributed by atoms with Gasteiger partial charge in [0.25, 0.3) is 11.1 Å². The van der Waals surface area contributed by atoms with Crippen molar-refractivity contribution in [1.82, 2.24) is 55.7 Å². The maximum atomic E-state index is 13.7. The average molecular weight is 1200 g/mol. The van der Waals surface area contributed by atoms with Gasteiger partial charge in [0, 0.05) is 114 Å². The van der Waals surface area contributed by atoms with Gasteiger partial charge in [0.15, 0.2) is 0 Å². The van der Waals surface area contributed by atoms with E-state index in [9.17, 15) is 36.4 Å². The lowest BCUT2D eigenvalue weighted by Crippen LogP contribution is -2.56. The summed E-state index contributed by atoms with van der Waals surface area (Å²) in [7, 11) is -0.621. The lowest BCUT2D eigenvalue weighted by atomic mass is 10.0. The lowest BCUT2D eigenvalue weighted by molar-refractivity contribution is -0.133. The Morgan fingerprint density at radius 2 is 1.01 bits per heavy atom. The van der Waals surface area contributed by atoms with Crippen molar-refractivity contribution in [3.63, 3.8) is 0 Å². The Morgan fingerprint density at radius 1 is 0.540 bits per heavy atom. The highest BCUT2D eigenvalue weighted by Gasteiger charge is 2.28. The van der Waals surface area contributed by atoms with Crippen LogP contribution in [0.5, 0.6) is 0 Å². The molecule has 3 fully saturated rings. The summed E-state index contributed by atoms with van der Waals surface area (Å²) in [5.41, 5.74) is 6.88. The molecule has 21 heteroatoms. The molecule has 0 aliphatic carbocycles. The molecule has 7 heterocycles. The van der Waals surface area contributed by atoms with Crippen LogP contribution in [0.2, 0.25) is 0 Å². The van der Waals surface area contributed by atoms with Crippen LogP contribution in [0, 0.1) is 11.6 Å². The maximum Gasteiger partial charge on any atom is 0.263 e. The first kappa shape index (κ1) is 62.1. The SMILES string of the molecule is Cn1c(N2CCN[C@@H](Cc3ccccc3)C2)nc(-c2ccncc2)c(-c2ccc(F)cc2)c1=O.Cn1c(S(C)(=O)=O)nc(-c2ccncc2)c(-c2ccc(F)cc2)c1=O.O=C1CNC(=O)[C@H](Cc2ccccc2)N1.c1ccc(C[C@H]2CNCCN2)cc1. The Bertz CT molecular complexity index is 3980. The Labute approximate surface area is 503 Å². The molecule has 3 aliphatic heterocycles. The predicted octanol–water partition coefficient (Wildman–Crippen LogP) is 6.36. The monoisotopic (exact) mass is 1190 g/mol. The summed E-state index contributed by atoms with van der Waals surface area (Å²) in [6, 6.07) is 49.4. The van der Waals surface area contributed by atoms with Crippen LogP contribution < -0.4 is 42.6 Å². The fraction of sp³-hybridized carbons (Fsp3) is 0.242. The van der Waals surface area contributed by atoms with E-state index in [0.717, 1.165) is 74.1 Å². The van der Waals surface area contributed by atoms with Gasteiger partial charge in [-0.3, -0.25) is 38.3 Å². The highest BCUT2D eigenvalue weighted by Crippen LogP contribution is 2.31. The zero-order valence-corrected chi connectivity index (χ0v) is 49.3. The molecular formula is C66H68F2N12O6S. The number of piperazine rings is 3. The van der Waals surface area contributed by atoms with Crippen molar-refractivity contribution in [2.24, 2.45) is 14.1 Å². The summed E-state index contributed by atoms with van der Waals surface area (Å²) in [5.74, 6) is -0.399. The van der Waals surface area contributed by atoms with E-state index in [1.165, 1.54) is 67.0 Å². The number of carbonyl (C=O) groups is 2. The number of hydrogen-bond donors (Lipinski definition) is 5. The van der Waals surface area contributed by atoms with Crippen molar-refractivity contribution in [3.05, 3.63) is 238 Å². The molecule has 0 saturated carbocycles. The van der Waals surface area contributed by atoms with Crippen molar-refractivity contribution in [2.75, 3.05) is 57.0 Å². The summed E-state index contributed by atoms with van der Waals surface area (Å²) in [6.07, 6.45) is 9.96. The van der Waals surface area contributed by atoms with E-state index in [0.29, 0.717) is 46.4 Å². The molecule has 9 aromatic rings. The third kappa shape index (κ3) is 16.7. The van der Waals surface area contributed by atoms with Crippen molar-refractivity contribution >= 4 is 27.6 Å². The largest absolute Gasteiger partial charge is 0.345 e. The number of benzene rings is 5. The number of rotatable bonds is 12. The van der Waals surface area contributed by atoms with Gasteiger partial charge in [-0.1, -0.05) is 115 Å². The van der Waals surface area contributed by atoms with Gasteiger partial charge < -0.3 is 31.5 Å². The molecule has 0 spiro atoms. The lowest BCUT2D eigenvalue weighted by Gasteiger charge is -2.35. The second kappa shape index (κ2) is 29.6. The molecule has 3 atom stereocenters. The van der Waals surface area contributed by atoms with Gasteiger partial charge >= 0.3 is 0 Å². The first-order valence-electron chi connectivity index (χ1n) is 28.5. The van der Waals surface area contributed by atoms with Crippen LogP contribution in [0.3, 0.4) is 0 Å². The summed E-state index contributed by atoms with van der Waals surface area (Å²) < 4.78 is 53.4. The second-order valence-electron chi connectivity index (χ2n) is 21.1. The third-order valence-electron chi connectivity index (χ3n) is 14.7. The maximum absolute atomic E-state index is 13.7. The Hall–Kier alpha value is -9.41. The van der Waals surface area contributed by atoms with Crippen molar-refractivity contribution in [3.8, 4) is 44.8 Å². The molecular weight excluding hydrogens is 1130 g/mol. The zero-order valence-electron chi connectivity index (χ0n) is 48.4. The topological polar surface area (TPSA) is 227 Å². The third-order valence-corrected chi connectivity index (χ3v) is 15.7. The molecule has 0 unspecified atom stereocenters. The second-order valence-corrected chi connectivity index (χ2v) is 23.0. The number of amides is 2. The number of aromatic nitrogens is 6. The molecule has 4 aromatic heterocycles. The highest BCUT2D eigenvalue weighted by molar-refractivity contribution is 7.90. The smallest absolute Gasteiger partial charge is 0.263 e. The molecule has 0 bridgehead atoms. The van der Waals surface area contributed by atoms with E-state index in [4.69, 9.17) is 4.98 Å². The van der Waals surface area contributed by atoms with E-state index in [-0.39, 0.29) is 52.2 Å². The molecule has 3 aliphatic rings.